The summed E-state index contributed by atoms with van der Waals surface area (Å²) in [6, 6.07) is 13.2. The van der Waals surface area contributed by atoms with Crippen LogP contribution >= 0.6 is 0 Å². The van der Waals surface area contributed by atoms with Gasteiger partial charge in [0, 0.05) is 6.42 Å². The summed E-state index contributed by atoms with van der Waals surface area (Å²) in [6.45, 7) is 8.48. The van der Waals surface area contributed by atoms with Crippen LogP contribution in [0.4, 0.5) is 4.79 Å². The molecule has 0 aromatic heterocycles. The molecule has 5 N–H and O–H groups in total. The van der Waals surface area contributed by atoms with E-state index in [2.05, 4.69) is 21.3 Å². The van der Waals surface area contributed by atoms with Gasteiger partial charge in [0.15, 0.2) is 0 Å². The predicted molar refractivity (Wildman–Crippen MR) is 167 cm³/mol. The van der Waals surface area contributed by atoms with Gasteiger partial charge in [-0.05, 0) is 35.8 Å². The lowest BCUT2D eigenvalue weighted by Crippen LogP contribution is -2.57. The lowest BCUT2D eigenvalue weighted by atomic mass is 9.99. The Hall–Kier alpha value is -4.74. The minimum Gasteiger partial charge on any atom is -0.480 e. The highest BCUT2D eigenvalue weighted by molar-refractivity contribution is 6.38. The molecule has 0 aliphatic carbocycles. The molecule has 12 heteroatoms. The number of rotatable bonds is 17. The summed E-state index contributed by atoms with van der Waals surface area (Å²) < 4.78 is 5.28. The van der Waals surface area contributed by atoms with Gasteiger partial charge in [-0.15, -0.1) is 0 Å². The number of aliphatic carboxylic acids is 1. The first-order chi connectivity index (χ1) is 21.3. The van der Waals surface area contributed by atoms with Crippen molar-refractivity contribution in [2.24, 2.45) is 11.8 Å². The van der Waals surface area contributed by atoms with E-state index >= 15 is 0 Å². The van der Waals surface area contributed by atoms with Crippen LogP contribution in [0.25, 0.3) is 0 Å². The van der Waals surface area contributed by atoms with Crippen molar-refractivity contribution in [1.82, 2.24) is 21.3 Å². The van der Waals surface area contributed by atoms with Crippen LogP contribution in [0, 0.1) is 11.8 Å². The second-order valence-corrected chi connectivity index (χ2v) is 11.5. The summed E-state index contributed by atoms with van der Waals surface area (Å²) in [4.78, 5) is 76.8. The molecule has 0 aliphatic rings. The van der Waals surface area contributed by atoms with Crippen LogP contribution in [0.2, 0.25) is 0 Å². The molecule has 0 saturated carbocycles. The number of benzene rings is 2. The molecule has 45 heavy (non-hydrogen) atoms. The number of ketones is 1. The third-order valence-electron chi connectivity index (χ3n) is 6.93. The number of hydrogen-bond donors (Lipinski definition) is 5. The third-order valence-corrected chi connectivity index (χ3v) is 6.93. The van der Waals surface area contributed by atoms with E-state index in [0.717, 1.165) is 11.1 Å². The van der Waals surface area contributed by atoms with E-state index < -0.39 is 65.7 Å². The minimum atomic E-state index is -1.26. The van der Waals surface area contributed by atoms with Crippen LogP contribution in [0.1, 0.15) is 58.6 Å². The first kappa shape index (κ1) is 36.5. The number of nitrogens with one attached hydrogen (secondary N) is 4. The molecular weight excluding hydrogens is 580 g/mol. The van der Waals surface area contributed by atoms with Crippen molar-refractivity contribution in [3.63, 3.8) is 0 Å². The Kier molecular flexibility index (Phi) is 14.7. The van der Waals surface area contributed by atoms with Crippen LogP contribution in [-0.4, -0.2) is 64.8 Å². The van der Waals surface area contributed by atoms with Crippen molar-refractivity contribution in [2.45, 2.75) is 84.7 Å². The fraction of sp³-hybridized carbons (Fsp3) is 0.455. The first-order valence-electron chi connectivity index (χ1n) is 15.0. The Morgan fingerprint density at radius 3 is 1.78 bits per heavy atom. The van der Waals surface area contributed by atoms with Gasteiger partial charge in [-0.1, -0.05) is 95.3 Å². The van der Waals surface area contributed by atoms with Crippen LogP contribution in [0.5, 0.6) is 0 Å². The lowest BCUT2D eigenvalue weighted by Gasteiger charge is -2.25. The fourth-order valence-corrected chi connectivity index (χ4v) is 4.45. The van der Waals surface area contributed by atoms with E-state index in [-0.39, 0.29) is 31.8 Å². The van der Waals surface area contributed by atoms with Gasteiger partial charge in [0.05, 0.1) is 6.04 Å². The Bertz CT molecular complexity index is 1300. The monoisotopic (exact) mass is 624 g/mol. The van der Waals surface area contributed by atoms with Gasteiger partial charge in [-0.2, -0.15) is 0 Å². The summed E-state index contributed by atoms with van der Waals surface area (Å²) >= 11 is 0. The summed E-state index contributed by atoms with van der Waals surface area (Å²) in [5, 5.41) is 19.4. The maximum atomic E-state index is 13.4. The molecule has 0 heterocycles. The Balaban J connectivity index is 2.14. The second kappa shape index (κ2) is 18.2. The molecule has 0 radical (unpaired) electrons. The number of hydrogen-bond acceptors (Lipinski definition) is 7. The van der Waals surface area contributed by atoms with Crippen LogP contribution in [0.15, 0.2) is 60.7 Å². The minimum absolute atomic E-state index is 0.0158. The van der Waals surface area contributed by atoms with Gasteiger partial charge in [-0.25, -0.2) is 9.59 Å². The molecule has 4 atom stereocenters. The highest BCUT2D eigenvalue weighted by atomic mass is 16.5. The largest absolute Gasteiger partial charge is 0.480 e. The van der Waals surface area contributed by atoms with Crippen molar-refractivity contribution >= 4 is 35.6 Å². The number of alkyl carbamates (subject to hydrolysis) is 1. The van der Waals surface area contributed by atoms with E-state index in [1.165, 1.54) is 0 Å². The number of ether oxygens (including phenoxy) is 1. The smallest absolute Gasteiger partial charge is 0.408 e. The van der Waals surface area contributed by atoms with E-state index in [0.29, 0.717) is 0 Å². The highest BCUT2D eigenvalue weighted by Crippen LogP contribution is 2.10. The molecular formula is C33H44N4O8. The van der Waals surface area contributed by atoms with E-state index in [1.807, 2.05) is 26.0 Å². The summed E-state index contributed by atoms with van der Waals surface area (Å²) in [5.41, 5.74) is 1.49. The predicted octanol–water partition coefficient (Wildman–Crippen LogP) is 2.74. The fourth-order valence-electron chi connectivity index (χ4n) is 4.45. The summed E-state index contributed by atoms with van der Waals surface area (Å²) in [7, 11) is 0. The molecule has 0 aliphatic heterocycles. The van der Waals surface area contributed by atoms with Gasteiger partial charge in [0.1, 0.15) is 24.7 Å². The number of carboxylic acid groups (broad SMARTS) is 1. The van der Waals surface area contributed by atoms with Crippen LogP contribution in [-0.2, 0) is 41.7 Å². The number of carboxylic acids is 1. The molecule has 12 nitrogen and oxygen atoms in total. The van der Waals surface area contributed by atoms with E-state index in [1.54, 1.807) is 69.3 Å². The molecule has 244 valence electrons. The van der Waals surface area contributed by atoms with Crippen molar-refractivity contribution in [3.05, 3.63) is 71.8 Å². The molecule has 2 aromatic carbocycles. The molecule has 0 fully saturated rings. The summed E-state index contributed by atoms with van der Waals surface area (Å²) in [5.74, 6) is -5.25. The Morgan fingerprint density at radius 1 is 0.711 bits per heavy atom. The molecule has 0 spiro atoms. The molecule has 0 bridgehead atoms. The van der Waals surface area contributed by atoms with Crippen molar-refractivity contribution in [3.8, 4) is 0 Å². The average Bonchev–Trinajstić information content (AvgIpc) is 3.00. The maximum absolute atomic E-state index is 13.4. The van der Waals surface area contributed by atoms with Gasteiger partial charge >= 0.3 is 12.1 Å². The van der Waals surface area contributed by atoms with Crippen LogP contribution in [0.3, 0.4) is 0 Å². The molecule has 4 amide bonds. The molecule has 0 saturated heterocycles. The Labute approximate surface area is 263 Å². The van der Waals surface area contributed by atoms with Crippen LogP contribution < -0.4 is 21.3 Å². The number of Topliss-reactive ketones (excluding diaryl/α,β-unsaturated/α-hetero) is 1. The van der Waals surface area contributed by atoms with E-state index in [4.69, 9.17) is 4.74 Å². The molecule has 2 aromatic rings. The van der Waals surface area contributed by atoms with Gasteiger partial charge < -0.3 is 31.1 Å². The standard InChI is InChI=1S/C33H44N4O8/c1-6-24(28(38)31(41)35-25(17-20(2)3)30(40)37-27(21(4)5)32(42)43)34-29(39)26(18-22-13-9-7-10-14-22)36-33(44)45-19-23-15-11-8-12-16-23/h7-16,20-21,24-27H,6,17-19H2,1-5H3,(H,34,39)(H,35,41)(H,36,44)(H,37,40)(H,42,43)/t24?,25-,26-,27+/m1/s1. The first-order valence-corrected chi connectivity index (χ1v) is 15.0. The number of amides is 4. The molecule has 2 rings (SSSR count). The maximum Gasteiger partial charge on any atom is 0.408 e. The zero-order chi connectivity index (χ0) is 33.5. The van der Waals surface area contributed by atoms with Gasteiger partial charge in [-0.3, -0.25) is 19.2 Å². The zero-order valence-corrected chi connectivity index (χ0v) is 26.4. The third kappa shape index (κ3) is 12.4. The second-order valence-electron chi connectivity index (χ2n) is 11.5. The lowest BCUT2D eigenvalue weighted by molar-refractivity contribution is -0.144. The van der Waals surface area contributed by atoms with Crippen molar-refractivity contribution < 1.29 is 38.6 Å². The normalized spacial score (nSPS) is 13.6. The SMILES string of the molecule is CCC(NC(=O)[C@@H](Cc1ccccc1)NC(=O)OCc1ccccc1)C(=O)C(=O)N[C@H](CC(C)C)C(=O)N[C@H](C(=O)O)C(C)C. The summed E-state index contributed by atoms with van der Waals surface area (Å²) in [6.07, 6.45) is -0.562. The van der Waals surface area contributed by atoms with Gasteiger partial charge in [0.25, 0.3) is 5.91 Å². The topological polar surface area (TPSA) is 180 Å². The average molecular weight is 625 g/mol. The number of carbonyl (C=O) groups excluding carboxylic acids is 5. The number of carbonyl (C=O) groups is 6. The molecule has 1 unspecified atom stereocenters. The highest BCUT2D eigenvalue weighted by Gasteiger charge is 2.33. The quantitative estimate of drug-likeness (QED) is 0.167. The Morgan fingerprint density at radius 2 is 1.27 bits per heavy atom. The zero-order valence-electron chi connectivity index (χ0n) is 26.4. The van der Waals surface area contributed by atoms with Gasteiger partial charge in [0.2, 0.25) is 17.6 Å². The van der Waals surface area contributed by atoms with E-state index in [9.17, 15) is 33.9 Å². The van der Waals surface area contributed by atoms with Crippen molar-refractivity contribution in [2.75, 3.05) is 0 Å². The van der Waals surface area contributed by atoms with Crippen molar-refractivity contribution in [1.29, 1.82) is 0 Å².